The summed E-state index contributed by atoms with van der Waals surface area (Å²) in [4.78, 5) is 0. The second-order valence-electron chi connectivity index (χ2n) is 2.96. The first kappa shape index (κ1) is 12.5. The molecule has 1 aromatic carbocycles. The average molecular weight is 259 g/mol. The molecule has 0 aliphatic heterocycles. The van der Waals surface area contributed by atoms with Gasteiger partial charge in [-0.05, 0) is 24.6 Å². The molecule has 0 aliphatic rings. The van der Waals surface area contributed by atoms with Crippen molar-refractivity contribution in [1.29, 1.82) is 0 Å². The first-order valence-corrected chi connectivity index (χ1v) is 4.70. The molecule has 1 aromatic rings. The Hall–Kier alpha value is -0.610. The largest absolute Gasteiger partial charge is 0.481 e. The molecule has 0 saturated carbocycles. The predicted molar refractivity (Wildman–Crippen MR) is 52.7 cm³/mol. The smallest absolute Gasteiger partial charge is 0.422 e. The van der Waals surface area contributed by atoms with E-state index < -0.39 is 12.8 Å². The van der Waals surface area contributed by atoms with Crippen LogP contribution >= 0.6 is 23.2 Å². The molecule has 0 aliphatic carbocycles. The molecule has 1 rings (SSSR count). The van der Waals surface area contributed by atoms with Crippen molar-refractivity contribution < 1.29 is 17.9 Å². The van der Waals surface area contributed by atoms with Crippen LogP contribution in [-0.4, -0.2) is 12.8 Å². The third kappa shape index (κ3) is 3.80. The normalized spacial score (nSPS) is 11.6. The summed E-state index contributed by atoms with van der Waals surface area (Å²) < 4.78 is 40.1. The molecule has 1 nitrogen and oxygen atoms in total. The first-order valence-electron chi connectivity index (χ1n) is 3.95. The lowest BCUT2D eigenvalue weighted by molar-refractivity contribution is -0.153. The van der Waals surface area contributed by atoms with Crippen molar-refractivity contribution in [2.45, 2.75) is 13.1 Å². The van der Waals surface area contributed by atoms with Gasteiger partial charge in [-0.25, -0.2) is 0 Å². The highest BCUT2D eigenvalue weighted by atomic mass is 35.5. The number of ether oxygens (including phenoxy) is 1. The van der Waals surface area contributed by atoms with Gasteiger partial charge >= 0.3 is 6.18 Å². The van der Waals surface area contributed by atoms with Crippen LogP contribution in [0.25, 0.3) is 0 Å². The number of benzene rings is 1. The maximum absolute atomic E-state index is 11.9. The quantitative estimate of drug-likeness (QED) is 0.771. The summed E-state index contributed by atoms with van der Waals surface area (Å²) >= 11 is 11.4. The first-order chi connectivity index (χ1) is 6.79. The molecule has 0 N–H and O–H groups in total. The van der Waals surface area contributed by atoms with E-state index >= 15 is 0 Å². The van der Waals surface area contributed by atoms with Crippen LogP contribution < -0.4 is 4.74 Å². The zero-order chi connectivity index (χ0) is 11.6. The number of alkyl halides is 3. The molecule has 0 bridgehead atoms. The SMILES string of the molecule is Cc1cc(Cl)c(OCC(F)(F)F)c(Cl)c1. The van der Waals surface area contributed by atoms with Gasteiger partial charge in [0.05, 0.1) is 10.0 Å². The van der Waals surface area contributed by atoms with E-state index in [9.17, 15) is 13.2 Å². The Labute approximate surface area is 94.7 Å². The summed E-state index contributed by atoms with van der Waals surface area (Å²) in [6.07, 6.45) is -4.41. The van der Waals surface area contributed by atoms with Gasteiger partial charge in [-0.2, -0.15) is 13.2 Å². The molecular weight excluding hydrogens is 252 g/mol. The summed E-state index contributed by atoms with van der Waals surface area (Å²) in [7, 11) is 0. The Balaban J connectivity index is 2.86. The van der Waals surface area contributed by atoms with Gasteiger partial charge in [0.15, 0.2) is 12.4 Å². The van der Waals surface area contributed by atoms with E-state index in [2.05, 4.69) is 4.74 Å². The van der Waals surface area contributed by atoms with Gasteiger partial charge in [0.1, 0.15) is 0 Å². The zero-order valence-electron chi connectivity index (χ0n) is 7.66. The summed E-state index contributed by atoms with van der Waals surface area (Å²) in [6.45, 7) is 0.320. The number of rotatable bonds is 2. The van der Waals surface area contributed by atoms with Crippen molar-refractivity contribution in [2.24, 2.45) is 0 Å². The lowest BCUT2D eigenvalue weighted by Gasteiger charge is -2.12. The highest BCUT2D eigenvalue weighted by molar-refractivity contribution is 6.37. The van der Waals surface area contributed by atoms with Crippen molar-refractivity contribution in [3.8, 4) is 5.75 Å². The molecular formula is C9H7Cl2F3O. The molecule has 84 valence electrons. The topological polar surface area (TPSA) is 9.23 Å². The van der Waals surface area contributed by atoms with Crippen molar-refractivity contribution in [2.75, 3.05) is 6.61 Å². The molecule has 0 radical (unpaired) electrons. The van der Waals surface area contributed by atoms with Gasteiger partial charge in [0, 0.05) is 0 Å². The Kier molecular flexibility index (Phi) is 3.73. The minimum absolute atomic E-state index is 0.0734. The summed E-state index contributed by atoms with van der Waals surface area (Å²) in [6, 6.07) is 2.97. The second-order valence-corrected chi connectivity index (χ2v) is 3.78. The fourth-order valence-electron chi connectivity index (χ4n) is 0.979. The highest BCUT2D eigenvalue weighted by Gasteiger charge is 2.29. The van der Waals surface area contributed by atoms with Crippen LogP contribution in [0, 0.1) is 6.92 Å². The number of halogens is 5. The average Bonchev–Trinajstić information content (AvgIpc) is 1.99. The number of hydrogen-bond donors (Lipinski definition) is 0. The van der Waals surface area contributed by atoms with Crippen molar-refractivity contribution in [1.82, 2.24) is 0 Å². The second kappa shape index (κ2) is 4.49. The van der Waals surface area contributed by atoms with Crippen LogP contribution in [-0.2, 0) is 0 Å². The lowest BCUT2D eigenvalue weighted by Crippen LogP contribution is -2.19. The minimum Gasteiger partial charge on any atom is -0.481 e. The van der Waals surface area contributed by atoms with E-state index in [-0.39, 0.29) is 15.8 Å². The van der Waals surface area contributed by atoms with Crippen LogP contribution in [0.4, 0.5) is 13.2 Å². The Morgan fingerprint density at radius 1 is 1.20 bits per heavy atom. The fourth-order valence-corrected chi connectivity index (χ4v) is 1.68. The molecule has 0 saturated heterocycles. The molecule has 6 heteroatoms. The summed E-state index contributed by atoms with van der Waals surface area (Å²) in [5.41, 5.74) is 0.754. The summed E-state index contributed by atoms with van der Waals surface area (Å²) in [5.74, 6) is -0.138. The third-order valence-corrected chi connectivity index (χ3v) is 2.08. The summed E-state index contributed by atoms with van der Waals surface area (Å²) in [5, 5.41) is 0.147. The van der Waals surface area contributed by atoms with Crippen LogP contribution in [0.1, 0.15) is 5.56 Å². The number of hydrogen-bond acceptors (Lipinski definition) is 1. The van der Waals surface area contributed by atoms with Crippen LogP contribution in [0.5, 0.6) is 5.75 Å². The Morgan fingerprint density at radius 2 is 1.67 bits per heavy atom. The lowest BCUT2D eigenvalue weighted by atomic mass is 10.2. The van der Waals surface area contributed by atoms with E-state index in [0.717, 1.165) is 5.56 Å². The Bertz CT molecular complexity index is 340. The minimum atomic E-state index is -4.41. The molecule has 0 amide bonds. The van der Waals surface area contributed by atoms with Gasteiger partial charge in [-0.1, -0.05) is 23.2 Å². The molecule has 0 aromatic heterocycles. The van der Waals surface area contributed by atoms with Gasteiger partial charge in [-0.3, -0.25) is 0 Å². The van der Waals surface area contributed by atoms with Crippen LogP contribution in [0.2, 0.25) is 10.0 Å². The van der Waals surface area contributed by atoms with Gasteiger partial charge in [0.25, 0.3) is 0 Å². The maximum Gasteiger partial charge on any atom is 0.422 e. The van der Waals surface area contributed by atoms with Gasteiger partial charge in [-0.15, -0.1) is 0 Å². The van der Waals surface area contributed by atoms with Crippen LogP contribution in [0.15, 0.2) is 12.1 Å². The van der Waals surface area contributed by atoms with E-state index in [4.69, 9.17) is 23.2 Å². The monoisotopic (exact) mass is 258 g/mol. The molecule has 0 heterocycles. The Morgan fingerprint density at radius 3 is 2.07 bits per heavy atom. The van der Waals surface area contributed by atoms with Gasteiger partial charge in [0.2, 0.25) is 0 Å². The number of aryl methyl sites for hydroxylation is 1. The highest BCUT2D eigenvalue weighted by Crippen LogP contribution is 2.34. The maximum atomic E-state index is 11.9. The van der Waals surface area contributed by atoms with Gasteiger partial charge < -0.3 is 4.74 Å². The zero-order valence-corrected chi connectivity index (χ0v) is 9.17. The van der Waals surface area contributed by atoms with E-state index in [1.165, 1.54) is 12.1 Å². The van der Waals surface area contributed by atoms with Crippen molar-refractivity contribution in [3.05, 3.63) is 27.7 Å². The van der Waals surface area contributed by atoms with E-state index in [0.29, 0.717) is 0 Å². The van der Waals surface area contributed by atoms with E-state index in [1.807, 2.05) is 0 Å². The molecule has 0 atom stereocenters. The third-order valence-electron chi connectivity index (χ3n) is 1.52. The van der Waals surface area contributed by atoms with E-state index in [1.54, 1.807) is 6.92 Å². The molecule has 0 spiro atoms. The standard InChI is InChI=1S/C9H7Cl2F3O/c1-5-2-6(10)8(7(11)3-5)15-4-9(12,13)14/h2-3H,4H2,1H3. The van der Waals surface area contributed by atoms with Crippen molar-refractivity contribution >= 4 is 23.2 Å². The molecule has 0 unspecified atom stereocenters. The van der Waals surface area contributed by atoms with Crippen molar-refractivity contribution in [3.63, 3.8) is 0 Å². The molecule has 0 fully saturated rings. The fraction of sp³-hybridized carbons (Fsp3) is 0.333. The predicted octanol–water partition coefficient (Wildman–Crippen LogP) is 4.24. The molecule has 15 heavy (non-hydrogen) atoms. The van der Waals surface area contributed by atoms with Crippen LogP contribution in [0.3, 0.4) is 0 Å².